The van der Waals surface area contributed by atoms with Crippen LogP contribution in [0.4, 0.5) is 4.39 Å². The van der Waals surface area contributed by atoms with Gasteiger partial charge in [0.25, 0.3) is 0 Å². The monoisotopic (exact) mass is 466 g/mol. The Morgan fingerprint density at radius 3 is 2.47 bits per heavy atom. The van der Waals surface area contributed by atoms with Gasteiger partial charge in [-0.3, -0.25) is 9.59 Å². The minimum Gasteiger partial charge on any atom is -0.497 e. The maximum atomic E-state index is 13.5. The smallest absolute Gasteiger partial charge is 0.208 e. The summed E-state index contributed by atoms with van der Waals surface area (Å²) in [7, 11) is 1.57. The Hall–Kier alpha value is -3.48. The summed E-state index contributed by atoms with van der Waals surface area (Å²) in [4.78, 5) is 24.2. The molecule has 4 aromatic rings. The third kappa shape index (κ3) is 4.42. The molecule has 0 fully saturated rings. The Labute approximate surface area is 192 Å². The van der Waals surface area contributed by atoms with Crippen molar-refractivity contribution >= 4 is 51.2 Å². The summed E-state index contributed by atoms with van der Waals surface area (Å²) in [6, 6.07) is 16.2. The lowest BCUT2D eigenvalue weighted by Gasteiger charge is -2.09. The predicted octanol–water partition coefficient (Wildman–Crippen LogP) is 6.94. The number of hydrogen-bond donors (Lipinski definition) is 0. The van der Waals surface area contributed by atoms with Crippen LogP contribution in [-0.4, -0.2) is 19.2 Å². The number of benzene rings is 3. The molecular weight excluding hydrogens is 451 g/mol. The van der Waals surface area contributed by atoms with Gasteiger partial charge in [0.05, 0.1) is 12.1 Å². The normalized spacial score (nSPS) is 11.1. The predicted molar refractivity (Wildman–Crippen MR) is 125 cm³/mol. The Kier molecular flexibility index (Phi) is 6.35. The van der Waals surface area contributed by atoms with Crippen molar-refractivity contribution < 1.29 is 23.5 Å². The van der Waals surface area contributed by atoms with E-state index in [0.29, 0.717) is 28.4 Å². The molecule has 0 aliphatic rings. The van der Waals surface area contributed by atoms with E-state index in [9.17, 15) is 14.0 Å². The van der Waals surface area contributed by atoms with Crippen LogP contribution in [0.2, 0.25) is 5.02 Å². The average Bonchev–Trinajstić information content (AvgIpc) is 3.15. The third-order valence-electron chi connectivity index (χ3n) is 4.70. The second-order valence-electron chi connectivity index (χ2n) is 6.74. The van der Waals surface area contributed by atoms with Gasteiger partial charge in [-0.1, -0.05) is 29.8 Å². The van der Waals surface area contributed by atoms with Crippen LogP contribution in [0.5, 0.6) is 17.2 Å². The van der Waals surface area contributed by atoms with Gasteiger partial charge in [0, 0.05) is 15.6 Å². The number of methoxy groups -OCH3 is 1. The van der Waals surface area contributed by atoms with Crippen LogP contribution in [0.3, 0.4) is 0 Å². The fourth-order valence-corrected chi connectivity index (χ4v) is 4.51. The molecule has 0 amide bonds. The van der Waals surface area contributed by atoms with E-state index >= 15 is 0 Å². The molecule has 0 atom stereocenters. The first-order valence-corrected chi connectivity index (χ1v) is 10.7. The summed E-state index contributed by atoms with van der Waals surface area (Å²) < 4.78 is 25.7. The van der Waals surface area contributed by atoms with Crippen LogP contribution in [0, 0.1) is 5.82 Å². The molecule has 0 spiro atoms. The van der Waals surface area contributed by atoms with E-state index in [1.807, 2.05) is 12.1 Å². The Morgan fingerprint density at radius 1 is 1.03 bits per heavy atom. The van der Waals surface area contributed by atoms with Gasteiger partial charge >= 0.3 is 0 Å². The first-order chi connectivity index (χ1) is 15.5. The molecule has 3 aromatic carbocycles. The molecule has 7 heteroatoms. The lowest BCUT2D eigenvalue weighted by molar-refractivity contribution is -0.104. The van der Waals surface area contributed by atoms with Crippen LogP contribution in [0.15, 0.2) is 66.7 Å². The van der Waals surface area contributed by atoms with Gasteiger partial charge in [-0.15, -0.1) is 11.3 Å². The number of rotatable bonds is 7. The second-order valence-corrected chi connectivity index (χ2v) is 8.20. The van der Waals surface area contributed by atoms with Crippen molar-refractivity contribution in [2.45, 2.75) is 0 Å². The van der Waals surface area contributed by atoms with E-state index < -0.39 is 5.82 Å². The fourth-order valence-electron chi connectivity index (χ4n) is 3.14. The molecule has 160 valence electrons. The SMILES string of the molecule is COc1ccc2c(Oc3ccc(/C=C/C=O)cc3)c(C(=O)c3ccc(F)cc3Cl)sc2c1. The minimum atomic E-state index is -0.521. The van der Waals surface area contributed by atoms with Crippen molar-refractivity contribution in [3.05, 3.63) is 93.6 Å². The summed E-state index contributed by atoms with van der Waals surface area (Å²) >= 11 is 7.39. The largest absolute Gasteiger partial charge is 0.497 e. The van der Waals surface area contributed by atoms with Crippen molar-refractivity contribution in [1.82, 2.24) is 0 Å². The number of allylic oxidation sites excluding steroid dienone is 1. The first kappa shape index (κ1) is 21.7. The number of ether oxygens (including phenoxy) is 2. The third-order valence-corrected chi connectivity index (χ3v) is 6.15. The molecule has 1 aromatic heterocycles. The molecule has 4 rings (SSSR count). The van der Waals surface area contributed by atoms with E-state index in [1.54, 1.807) is 43.5 Å². The van der Waals surface area contributed by atoms with Gasteiger partial charge in [0.15, 0.2) is 5.75 Å². The number of hydrogen-bond acceptors (Lipinski definition) is 5. The Balaban J connectivity index is 1.79. The molecule has 0 radical (unpaired) electrons. The fraction of sp³-hybridized carbons (Fsp3) is 0.0400. The molecule has 0 aliphatic carbocycles. The van der Waals surface area contributed by atoms with Crippen LogP contribution in [-0.2, 0) is 4.79 Å². The topological polar surface area (TPSA) is 52.6 Å². The van der Waals surface area contributed by atoms with E-state index in [0.717, 1.165) is 21.7 Å². The van der Waals surface area contributed by atoms with Gasteiger partial charge in [-0.05, 0) is 60.2 Å². The summed E-state index contributed by atoms with van der Waals surface area (Å²) in [6.45, 7) is 0. The average molecular weight is 467 g/mol. The lowest BCUT2D eigenvalue weighted by atomic mass is 10.1. The highest BCUT2D eigenvalue weighted by Crippen LogP contribution is 2.43. The number of fused-ring (bicyclic) bond motifs is 1. The van der Waals surface area contributed by atoms with Crippen molar-refractivity contribution in [3.63, 3.8) is 0 Å². The molecule has 0 saturated carbocycles. The van der Waals surface area contributed by atoms with E-state index in [2.05, 4.69) is 0 Å². The number of ketones is 1. The molecule has 0 saturated heterocycles. The zero-order valence-corrected chi connectivity index (χ0v) is 18.4. The Bertz CT molecular complexity index is 1340. The molecule has 1 heterocycles. The van der Waals surface area contributed by atoms with Crippen LogP contribution < -0.4 is 9.47 Å². The highest BCUT2D eigenvalue weighted by Gasteiger charge is 2.24. The molecule has 32 heavy (non-hydrogen) atoms. The number of carbonyl (C=O) groups excluding carboxylic acids is 2. The summed E-state index contributed by atoms with van der Waals surface area (Å²) in [6.07, 6.45) is 3.78. The van der Waals surface area contributed by atoms with Gasteiger partial charge < -0.3 is 9.47 Å². The molecule has 0 aliphatic heterocycles. The number of halogens is 2. The van der Waals surface area contributed by atoms with Crippen LogP contribution in [0.25, 0.3) is 16.2 Å². The number of carbonyl (C=O) groups is 2. The molecule has 0 bridgehead atoms. The van der Waals surface area contributed by atoms with Crippen LogP contribution >= 0.6 is 22.9 Å². The highest BCUT2D eigenvalue weighted by molar-refractivity contribution is 7.21. The zero-order valence-electron chi connectivity index (χ0n) is 16.8. The van der Waals surface area contributed by atoms with E-state index in [4.69, 9.17) is 21.1 Å². The standard InChI is InChI=1S/C25H16ClFO4S/c1-30-18-9-11-20-22(14-18)32-25(23(29)19-10-6-16(27)13-21(19)26)24(20)31-17-7-4-15(5-8-17)3-2-12-28/h2-14H,1H3/b3-2+. The van der Waals surface area contributed by atoms with Crippen molar-refractivity contribution in [1.29, 1.82) is 0 Å². The van der Waals surface area contributed by atoms with Gasteiger partial charge in [-0.25, -0.2) is 4.39 Å². The van der Waals surface area contributed by atoms with Crippen molar-refractivity contribution in [2.75, 3.05) is 7.11 Å². The van der Waals surface area contributed by atoms with Gasteiger partial charge in [0.2, 0.25) is 5.78 Å². The molecule has 0 N–H and O–H groups in total. The maximum absolute atomic E-state index is 13.5. The van der Waals surface area contributed by atoms with Crippen molar-refractivity contribution in [2.24, 2.45) is 0 Å². The quantitative estimate of drug-likeness (QED) is 0.168. The van der Waals surface area contributed by atoms with Gasteiger partial charge in [-0.2, -0.15) is 0 Å². The zero-order chi connectivity index (χ0) is 22.7. The lowest BCUT2D eigenvalue weighted by Crippen LogP contribution is -2.02. The maximum Gasteiger partial charge on any atom is 0.208 e. The van der Waals surface area contributed by atoms with Crippen LogP contribution in [0.1, 0.15) is 20.8 Å². The number of aldehydes is 1. The van der Waals surface area contributed by atoms with E-state index in [1.165, 1.54) is 29.5 Å². The minimum absolute atomic E-state index is 0.0299. The Morgan fingerprint density at radius 2 is 1.78 bits per heavy atom. The summed E-state index contributed by atoms with van der Waals surface area (Å²) in [5.41, 5.74) is 1.02. The summed E-state index contributed by atoms with van der Waals surface area (Å²) in [5, 5.41) is 0.768. The molecule has 0 unspecified atom stereocenters. The first-order valence-electron chi connectivity index (χ1n) is 9.50. The number of thiophene rings is 1. The highest BCUT2D eigenvalue weighted by atomic mass is 35.5. The second kappa shape index (κ2) is 9.34. The van der Waals surface area contributed by atoms with Crippen molar-refractivity contribution in [3.8, 4) is 17.2 Å². The summed E-state index contributed by atoms with van der Waals surface area (Å²) in [5.74, 6) is 0.663. The van der Waals surface area contributed by atoms with E-state index in [-0.39, 0.29) is 16.4 Å². The molecular formula is C25H16ClFO4S. The molecule has 4 nitrogen and oxygen atoms in total. The van der Waals surface area contributed by atoms with Gasteiger partial charge in [0.1, 0.15) is 28.5 Å².